The second-order valence-electron chi connectivity index (χ2n) is 8.86. The third-order valence-electron chi connectivity index (χ3n) is 5.69. The number of aryl methyl sites for hydroxylation is 2. The monoisotopic (exact) mass is 740 g/mol. The van der Waals surface area contributed by atoms with Crippen LogP contribution in [0.15, 0.2) is 57.4 Å². The molecule has 0 aliphatic heterocycles. The first-order valence-electron chi connectivity index (χ1n) is 11.5. The van der Waals surface area contributed by atoms with Gasteiger partial charge < -0.3 is 32.8 Å². The Bertz CT molecular complexity index is 1110. The predicted octanol–water partition coefficient (Wildman–Crippen LogP) is 3.23. The summed E-state index contributed by atoms with van der Waals surface area (Å²) in [4.78, 5) is 8.87. The largest absolute Gasteiger partial charge is 1.00 e. The molecule has 2 heterocycles. The van der Waals surface area contributed by atoms with Gasteiger partial charge >= 0.3 is 29.6 Å². The van der Waals surface area contributed by atoms with Gasteiger partial charge in [0, 0.05) is 15.6 Å². The Morgan fingerprint density at radius 3 is 1.36 bits per heavy atom. The molecule has 0 spiro atoms. The van der Waals surface area contributed by atoms with Gasteiger partial charge in [-0.05, 0) is 61.1 Å². The van der Waals surface area contributed by atoms with E-state index in [2.05, 4.69) is 96.7 Å². The third kappa shape index (κ3) is 8.83. The molecule has 36 heavy (non-hydrogen) atoms. The zero-order chi connectivity index (χ0) is 24.8. The first kappa shape index (κ1) is 33.6. The number of aromatic nitrogens is 2. The van der Waals surface area contributed by atoms with Crippen molar-refractivity contribution in [3.63, 3.8) is 0 Å². The van der Waals surface area contributed by atoms with Crippen molar-refractivity contribution in [3.05, 3.63) is 82.6 Å². The molecule has 0 radical (unpaired) electrons. The Balaban J connectivity index is 0.000000341. The van der Waals surface area contributed by atoms with Crippen molar-refractivity contribution in [3.8, 4) is 22.9 Å². The molecule has 0 aliphatic rings. The van der Waals surface area contributed by atoms with Gasteiger partial charge in [0.25, 0.3) is 0 Å². The van der Waals surface area contributed by atoms with E-state index >= 15 is 0 Å². The summed E-state index contributed by atoms with van der Waals surface area (Å²) in [7, 11) is 0. The molecule has 0 bridgehead atoms. The molecule has 0 saturated carbocycles. The van der Waals surface area contributed by atoms with E-state index in [1.54, 1.807) is 0 Å². The van der Waals surface area contributed by atoms with Gasteiger partial charge in [-0.3, -0.25) is 0 Å². The van der Waals surface area contributed by atoms with E-state index in [4.69, 9.17) is 20.4 Å². The van der Waals surface area contributed by atoms with E-state index in [1.165, 1.54) is 11.1 Å². The fraction of sp³-hybridized carbons (Fsp3) is 0.357. The summed E-state index contributed by atoms with van der Waals surface area (Å²) in [5.41, 5.74) is 6.55. The number of benzene rings is 2. The van der Waals surface area contributed by atoms with Crippen molar-refractivity contribution in [2.45, 2.75) is 63.7 Å². The summed E-state index contributed by atoms with van der Waals surface area (Å²) in [6.45, 7) is 12.6. The minimum Gasteiger partial charge on any atom is -1.00 e. The van der Waals surface area contributed by atoms with Crippen LogP contribution in [0.3, 0.4) is 0 Å². The molecule has 188 valence electrons. The number of alkyl halides is 2. The second kappa shape index (κ2) is 15.9. The van der Waals surface area contributed by atoms with E-state index in [-0.39, 0.29) is 53.5 Å². The second-order valence-corrected chi connectivity index (χ2v) is 9.89. The predicted molar refractivity (Wildman–Crippen MR) is 149 cm³/mol. The molecule has 4 nitrogen and oxygen atoms in total. The van der Waals surface area contributed by atoms with E-state index in [0.717, 1.165) is 44.4 Å². The number of rotatable bonds is 6. The number of nitrogens with zero attached hydrogens (tertiary/aromatic N) is 2. The molecule has 0 aliphatic carbocycles. The average Bonchev–Trinajstić information content (AvgIpc) is 3.41. The average molecular weight is 741 g/mol. The Morgan fingerprint density at radius 1 is 0.722 bits per heavy atom. The summed E-state index contributed by atoms with van der Waals surface area (Å²) >= 11 is 8.08. The van der Waals surface area contributed by atoms with Crippen LogP contribution in [0, 0.1) is 13.8 Å². The molecular formula is C28H32ClI2N2NaO2. The van der Waals surface area contributed by atoms with Crippen LogP contribution >= 0.6 is 34.2 Å². The molecule has 0 atom stereocenters. The van der Waals surface area contributed by atoms with Crippen molar-refractivity contribution >= 4 is 34.2 Å². The van der Waals surface area contributed by atoms with Crippen molar-refractivity contribution in [1.29, 1.82) is 0 Å². The molecule has 4 rings (SSSR count). The molecule has 0 unspecified atom stereocenters. The standard InChI is InChI=1S/C14H16ClNO.C14H16INO.HI.Na/c2*1-9(2)11-4-6-12(7-5-11)14-16-13(8-15)10(3)17-14;;/h2*4-7,9H,8H2,1-3H3;1H;/q;;;+1/p-1. The van der Waals surface area contributed by atoms with Crippen molar-refractivity contribution < 1.29 is 62.4 Å². The molecule has 0 fully saturated rings. The minimum absolute atomic E-state index is 0. The normalized spacial score (nSPS) is 10.5. The Kier molecular flexibility index (Phi) is 14.8. The third-order valence-corrected chi connectivity index (χ3v) is 6.66. The summed E-state index contributed by atoms with van der Waals surface area (Å²) in [6.07, 6.45) is 0. The smallest absolute Gasteiger partial charge is 1.00 e. The van der Waals surface area contributed by atoms with Crippen LogP contribution in [0.5, 0.6) is 0 Å². The number of hydrogen-bond acceptors (Lipinski definition) is 4. The molecule has 0 amide bonds. The van der Waals surface area contributed by atoms with E-state index in [0.29, 0.717) is 23.6 Å². The fourth-order valence-corrected chi connectivity index (χ4v) is 4.33. The number of hydrogen-bond donors (Lipinski definition) is 0. The molecule has 8 heteroatoms. The Morgan fingerprint density at radius 2 is 1.08 bits per heavy atom. The van der Waals surface area contributed by atoms with Gasteiger partial charge in [-0.15, -0.1) is 11.6 Å². The molecule has 0 N–H and O–H groups in total. The summed E-state index contributed by atoms with van der Waals surface area (Å²) < 4.78 is 12.2. The molecule has 2 aromatic heterocycles. The minimum atomic E-state index is 0. The molecular weight excluding hydrogens is 709 g/mol. The maximum Gasteiger partial charge on any atom is 1.00 e. The fourth-order valence-electron chi connectivity index (χ4n) is 3.37. The van der Waals surface area contributed by atoms with Gasteiger partial charge in [-0.1, -0.05) is 74.6 Å². The van der Waals surface area contributed by atoms with Crippen LogP contribution in [-0.2, 0) is 10.3 Å². The van der Waals surface area contributed by atoms with Gasteiger partial charge in [0.1, 0.15) is 11.5 Å². The summed E-state index contributed by atoms with van der Waals surface area (Å²) in [5, 5.41) is 0. The molecule has 2 aromatic carbocycles. The molecule has 4 aromatic rings. The van der Waals surface area contributed by atoms with Crippen LogP contribution in [0.4, 0.5) is 0 Å². The van der Waals surface area contributed by atoms with Gasteiger partial charge in [0.2, 0.25) is 11.8 Å². The number of halogens is 3. The van der Waals surface area contributed by atoms with E-state index in [1.807, 2.05) is 26.0 Å². The van der Waals surface area contributed by atoms with E-state index < -0.39 is 0 Å². The van der Waals surface area contributed by atoms with Crippen LogP contribution in [-0.4, -0.2) is 9.97 Å². The van der Waals surface area contributed by atoms with Crippen LogP contribution in [0.25, 0.3) is 22.9 Å². The zero-order valence-corrected chi connectivity index (χ0v) is 29.1. The summed E-state index contributed by atoms with van der Waals surface area (Å²) in [6, 6.07) is 16.7. The van der Waals surface area contributed by atoms with Crippen molar-refractivity contribution in [2.24, 2.45) is 0 Å². The van der Waals surface area contributed by atoms with Gasteiger partial charge in [-0.25, -0.2) is 9.97 Å². The summed E-state index contributed by atoms with van der Waals surface area (Å²) in [5.74, 6) is 4.57. The SMILES string of the molecule is Cc1oc(-c2ccc(C(C)C)cc2)nc1CCl.Cc1oc(-c2ccc(C(C)C)cc2)nc1CI.[I-].[Na+]. The van der Waals surface area contributed by atoms with Crippen molar-refractivity contribution in [1.82, 2.24) is 9.97 Å². The zero-order valence-electron chi connectivity index (χ0n) is 22.0. The number of oxazole rings is 2. The van der Waals surface area contributed by atoms with Gasteiger partial charge in [0.15, 0.2) is 0 Å². The first-order valence-corrected chi connectivity index (χ1v) is 13.5. The topological polar surface area (TPSA) is 52.1 Å². The van der Waals surface area contributed by atoms with Gasteiger partial charge in [0.05, 0.1) is 17.3 Å². The Labute approximate surface area is 272 Å². The quantitative estimate of drug-likeness (QED) is 0.173. The first-order chi connectivity index (χ1) is 16.2. The van der Waals surface area contributed by atoms with Crippen LogP contribution in [0.1, 0.15) is 73.6 Å². The van der Waals surface area contributed by atoms with Crippen LogP contribution < -0.4 is 53.5 Å². The maximum atomic E-state index is 5.78. The molecule has 0 saturated heterocycles. The van der Waals surface area contributed by atoms with Crippen LogP contribution in [0.2, 0.25) is 0 Å². The van der Waals surface area contributed by atoms with E-state index in [9.17, 15) is 0 Å². The van der Waals surface area contributed by atoms with Gasteiger partial charge in [-0.2, -0.15) is 0 Å². The maximum absolute atomic E-state index is 5.78. The van der Waals surface area contributed by atoms with Crippen molar-refractivity contribution in [2.75, 3.05) is 0 Å². The Hall–Kier alpha value is -0.390.